The average Bonchev–Trinajstić information content (AvgIpc) is 3.93. The van der Waals surface area contributed by atoms with Crippen LogP contribution in [-0.4, -0.2) is 76.0 Å². The number of carbonyl (C=O) groups is 2. The zero-order chi connectivity index (χ0) is 32.5. The van der Waals surface area contributed by atoms with Crippen molar-refractivity contribution < 1.29 is 47.5 Å². The number of esters is 2. The maximum Gasteiger partial charge on any atom is 0.343 e. The third kappa shape index (κ3) is 7.79. The van der Waals surface area contributed by atoms with Gasteiger partial charge >= 0.3 is 11.9 Å². The van der Waals surface area contributed by atoms with Gasteiger partial charge in [0.2, 0.25) is 0 Å². The van der Waals surface area contributed by atoms with Gasteiger partial charge in [0.1, 0.15) is 23.0 Å². The molecule has 4 fully saturated rings. The van der Waals surface area contributed by atoms with E-state index in [4.69, 9.17) is 37.9 Å². The molecule has 48 heavy (non-hydrogen) atoms. The van der Waals surface area contributed by atoms with Crippen LogP contribution in [0.25, 0.3) is 10.8 Å². The van der Waals surface area contributed by atoms with Crippen molar-refractivity contribution in [2.45, 2.75) is 37.3 Å². The number of ether oxygens (including phenoxy) is 8. The van der Waals surface area contributed by atoms with E-state index in [1.807, 2.05) is 24.3 Å². The predicted octanol–water partition coefficient (Wildman–Crippen LogP) is 5.64. The molecule has 4 aromatic carbocycles. The molecular weight excluding hydrogens is 616 g/mol. The normalized spacial score (nSPS) is 23.1. The molecule has 4 saturated heterocycles. The molecule has 8 rings (SSSR count). The van der Waals surface area contributed by atoms with Crippen molar-refractivity contribution in [2.24, 2.45) is 11.8 Å². The fraction of sp³-hybridized carbons (Fsp3) is 0.368. The van der Waals surface area contributed by atoms with E-state index in [9.17, 15) is 9.59 Å². The molecule has 4 aliphatic heterocycles. The first-order valence-corrected chi connectivity index (χ1v) is 16.4. The highest BCUT2D eigenvalue weighted by Gasteiger charge is 2.39. The number of epoxide rings is 4. The zero-order valence-corrected chi connectivity index (χ0v) is 26.3. The molecule has 0 N–H and O–H groups in total. The maximum absolute atomic E-state index is 13.1. The fourth-order valence-corrected chi connectivity index (χ4v) is 5.91. The van der Waals surface area contributed by atoms with Gasteiger partial charge in [-0.15, -0.1) is 0 Å². The van der Waals surface area contributed by atoms with Crippen molar-refractivity contribution in [2.75, 3.05) is 39.6 Å². The minimum Gasteiger partial charge on any atom is -0.493 e. The van der Waals surface area contributed by atoms with Gasteiger partial charge < -0.3 is 37.9 Å². The summed E-state index contributed by atoms with van der Waals surface area (Å²) < 4.78 is 45.3. The van der Waals surface area contributed by atoms with Crippen molar-refractivity contribution in [3.05, 3.63) is 96.1 Å². The van der Waals surface area contributed by atoms with Crippen molar-refractivity contribution in [1.29, 1.82) is 0 Å². The Bertz CT molecular complexity index is 1630. The molecule has 248 valence electrons. The molecule has 0 spiro atoms. The standard InChI is InChI=1S/C38H36O10/c39-37(23-5-9-27(10-6-23)41-17-25(35-21-45-35)15-29-19-43-29)47-33-13-14-34(32-4-2-1-3-31(32)33)48-38(40)24-7-11-28(12-8-24)42-18-26(36-22-46-36)16-30-20-44-30/h1-14,25-26,29-30,35-36H,15-22H2. The van der Waals surface area contributed by atoms with E-state index in [1.54, 1.807) is 60.7 Å². The fourth-order valence-electron chi connectivity index (χ4n) is 5.91. The lowest BCUT2D eigenvalue weighted by atomic mass is 10.0. The Morgan fingerprint density at radius 1 is 0.562 bits per heavy atom. The molecule has 6 atom stereocenters. The summed E-state index contributed by atoms with van der Waals surface area (Å²) in [6, 6.07) is 24.4. The second-order valence-corrected chi connectivity index (χ2v) is 12.7. The summed E-state index contributed by atoms with van der Waals surface area (Å²) in [5, 5.41) is 1.28. The first kappa shape index (κ1) is 30.8. The number of fused-ring (bicyclic) bond motifs is 1. The molecule has 0 aromatic heterocycles. The monoisotopic (exact) mass is 652 g/mol. The first-order chi connectivity index (χ1) is 23.6. The van der Waals surface area contributed by atoms with Gasteiger partial charge in [0.15, 0.2) is 0 Å². The smallest absolute Gasteiger partial charge is 0.343 e. The van der Waals surface area contributed by atoms with Gasteiger partial charge in [0.25, 0.3) is 0 Å². The number of rotatable bonds is 16. The molecule has 0 amide bonds. The van der Waals surface area contributed by atoms with Gasteiger partial charge in [-0.3, -0.25) is 0 Å². The Labute approximate surface area is 277 Å². The Balaban J connectivity index is 0.877. The van der Waals surface area contributed by atoms with Crippen LogP contribution in [0.4, 0.5) is 0 Å². The van der Waals surface area contributed by atoms with Gasteiger partial charge in [-0.05, 0) is 73.5 Å². The summed E-state index contributed by atoms with van der Waals surface area (Å²) in [7, 11) is 0. The maximum atomic E-state index is 13.1. The third-order valence-electron chi connectivity index (χ3n) is 9.06. The summed E-state index contributed by atoms with van der Waals surface area (Å²) in [6.45, 7) is 4.21. The molecule has 4 heterocycles. The molecule has 0 radical (unpaired) electrons. The van der Waals surface area contributed by atoms with Crippen molar-refractivity contribution >= 4 is 22.7 Å². The number of hydrogen-bond donors (Lipinski definition) is 0. The van der Waals surface area contributed by atoms with Crippen molar-refractivity contribution in [1.82, 2.24) is 0 Å². The third-order valence-corrected chi connectivity index (χ3v) is 9.06. The summed E-state index contributed by atoms with van der Waals surface area (Å²) >= 11 is 0. The molecular formula is C38H36O10. The highest BCUT2D eigenvalue weighted by Crippen LogP contribution is 2.35. The van der Waals surface area contributed by atoms with E-state index in [1.165, 1.54) is 0 Å². The first-order valence-electron chi connectivity index (χ1n) is 16.4. The molecule has 4 aliphatic rings. The Hall–Kier alpha value is -4.48. The lowest BCUT2D eigenvalue weighted by molar-refractivity contribution is 0.0723. The Kier molecular flexibility index (Phi) is 8.71. The summed E-state index contributed by atoms with van der Waals surface area (Å²) in [4.78, 5) is 26.2. The van der Waals surface area contributed by atoms with Crippen LogP contribution in [0.1, 0.15) is 33.6 Å². The van der Waals surface area contributed by atoms with E-state index in [0.717, 1.165) is 39.3 Å². The zero-order valence-electron chi connectivity index (χ0n) is 26.3. The lowest BCUT2D eigenvalue weighted by Crippen LogP contribution is -2.20. The highest BCUT2D eigenvalue weighted by molar-refractivity contribution is 6.00. The minimum absolute atomic E-state index is 0.235. The van der Waals surface area contributed by atoms with Crippen LogP contribution in [0.5, 0.6) is 23.0 Å². The van der Waals surface area contributed by atoms with Crippen LogP contribution in [0.15, 0.2) is 84.9 Å². The second kappa shape index (κ2) is 13.6. The lowest BCUT2D eigenvalue weighted by Gasteiger charge is -2.15. The number of hydrogen-bond acceptors (Lipinski definition) is 10. The average molecular weight is 653 g/mol. The quantitative estimate of drug-likeness (QED) is 0.0854. The molecule has 0 saturated carbocycles. The predicted molar refractivity (Wildman–Crippen MR) is 173 cm³/mol. The Morgan fingerprint density at radius 3 is 1.31 bits per heavy atom. The summed E-state index contributed by atoms with van der Waals surface area (Å²) in [5.41, 5.74) is 0.771. The molecule has 0 aliphatic carbocycles. The van der Waals surface area contributed by atoms with Gasteiger partial charge in [-0.25, -0.2) is 9.59 Å². The van der Waals surface area contributed by atoms with Crippen molar-refractivity contribution in [3.63, 3.8) is 0 Å². The summed E-state index contributed by atoms with van der Waals surface area (Å²) in [6.07, 6.45) is 2.96. The van der Waals surface area contributed by atoms with Gasteiger partial charge in [0, 0.05) is 22.6 Å². The van der Waals surface area contributed by atoms with E-state index < -0.39 is 11.9 Å². The molecule has 10 nitrogen and oxygen atoms in total. The minimum atomic E-state index is -0.509. The van der Waals surface area contributed by atoms with Crippen LogP contribution in [-0.2, 0) is 18.9 Å². The van der Waals surface area contributed by atoms with Crippen LogP contribution >= 0.6 is 0 Å². The van der Waals surface area contributed by atoms with E-state index in [2.05, 4.69) is 0 Å². The SMILES string of the molecule is O=C(Oc1ccc(OC(=O)c2ccc(OCC(CC3CO3)C3CO3)cc2)c2ccccc12)c1ccc(OCC(CC2CO2)C2CO2)cc1. The van der Waals surface area contributed by atoms with E-state index in [0.29, 0.717) is 70.3 Å². The van der Waals surface area contributed by atoms with Crippen LogP contribution in [0.3, 0.4) is 0 Å². The van der Waals surface area contributed by atoms with Crippen LogP contribution in [0.2, 0.25) is 0 Å². The van der Waals surface area contributed by atoms with Gasteiger partial charge in [-0.1, -0.05) is 24.3 Å². The van der Waals surface area contributed by atoms with E-state index >= 15 is 0 Å². The number of carbonyl (C=O) groups excluding carboxylic acids is 2. The van der Waals surface area contributed by atoms with Crippen LogP contribution in [0, 0.1) is 11.8 Å². The van der Waals surface area contributed by atoms with E-state index in [-0.39, 0.29) is 24.0 Å². The van der Waals surface area contributed by atoms with Crippen LogP contribution < -0.4 is 18.9 Å². The largest absolute Gasteiger partial charge is 0.493 e. The Morgan fingerprint density at radius 2 is 0.958 bits per heavy atom. The van der Waals surface area contributed by atoms with Gasteiger partial charge in [-0.2, -0.15) is 0 Å². The summed E-state index contributed by atoms with van der Waals surface area (Å²) in [5.74, 6) is 1.61. The topological polar surface area (TPSA) is 121 Å². The molecule has 0 bridgehead atoms. The highest BCUT2D eigenvalue weighted by atomic mass is 16.6. The molecule has 4 aromatic rings. The number of benzene rings is 4. The second-order valence-electron chi connectivity index (χ2n) is 12.7. The van der Waals surface area contributed by atoms with Gasteiger partial charge in [0.05, 0.1) is 75.2 Å². The van der Waals surface area contributed by atoms with Crippen molar-refractivity contribution in [3.8, 4) is 23.0 Å². The molecule has 6 unspecified atom stereocenters. The molecule has 10 heteroatoms.